The van der Waals surface area contributed by atoms with Gasteiger partial charge in [0, 0.05) is 11.1 Å². The predicted octanol–water partition coefficient (Wildman–Crippen LogP) is 6.82. The molecule has 0 aromatic heterocycles. The van der Waals surface area contributed by atoms with Gasteiger partial charge in [-0.3, -0.25) is 4.79 Å². The Morgan fingerprint density at radius 1 is 1.27 bits per heavy atom. The second-order valence-electron chi connectivity index (χ2n) is 8.49. The van der Waals surface area contributed by atoms with E-state index in [-0.39, 0.29) is 11.5 Å². The van der Waals surface area contributed by atoms with Crippen LogP contribution < -0.4 is 9.47 Å². The molecule has 0 saturated heterocycles. The van der Waals surface area contributed by atoms with Crippen LogP contribution in [0, 0.1) is 18.8 Å². The molecule has 2 atom stereocenters. The van der Waals surface area contributed by atoms with Gasteiger partial charge >= 0.3 is 0 Å². The van der Waals surface area contributed by atoms with E-state index in [4.69, 9.17) is 9.47 Å². The first-order valence-electron chi connectivity index (χ1n) is 11.0. The molecule has 168 valence electrons. The molecule has 1 aromatic carbocycles. The summed E-state index contributed by atoms with van der Waals surface area (Å²) in [5, 5.41) is 11.1. The fourth-order valence-electron chi connectivity index (χ4n) is 3.77. The molecule has 1 aromatic rings. The molecule has 1 aliphatic rings. The molecule has 2 rings (SSSR count). The molecule has 1 N–H and O–H groups in total. The number of phenols is 1. The summed E-state index contributed by atoms with van der Waals surface area (Å²) in [4.78, 5) is 13.5. The zero-order chi connectivity index (χ0) is 23.2. The number of carbonyl (C=O) groups is 1. The van der Waals surface area contributed by atoms with Crippen molar-refractivity contribution >= 4 is 5.78 Å². The van der Waals surface area contributed by atoms with Crippen molar-refractivity contribution in [3.63, 3.8) is 0 Å². The molecule has 1 heterocycles. The minimum Gasteiger partial charge on any atom is -0.507 e. The Morgan fingerprint density at radius 2 is 1.87 bits per heavy atom. The lowest BCUT2D eigenvalue weighted by Crippen LogP contribution is -2.38. The number of allylic oxidation sites excluding steroid dienone is 2. The van der Waals surface area contributed by atoms with Crippen LogP contribution in [0.15, 0.2) is 23.8 Å². The first kappa shape index (κ1) is 25.8. The van der Waals surface area contributed by atoms with Crippen molar-refractivity contribution in [1.82, 2.24) is 0 Å². The lowest BCUT2D eigenvalue weighted by atomic mass is 9.81. The van der Waals surface area contributed by atoms with Gasteiger partial charge in [0.25, 0.3) is 0 Å². The van der Waals surface area contributed by atoms with Gasteiger partial charge in [-0.1, -0.05) is 45.9 Å². The Hall–Kier alpha value is -2.23. The van der Waals surface area contributed by atoms with Gasteiger partial charge in [-0.25, -0.2) is 0 Å². The molecule has 0 amide bonds. The van der Waals surface area contributed by atoms with Crippen molar-refractivity contribution < 1.29 is 19.4 Å². The van der Waals surface area contributed by atoms with Crippen LogP contribution in [0.2, 0.25) is 0 Å². The zero-order valence-electron chi connectivity index (χ0n) is 20.3. The number of phenolic OH excluding ortho intramolecular Hbond substituents is 1. The first-order chi connectivity index (χ1) is 14.1. The fourth-order valence-corrected chi connectivity index (χ4v) is 3.77. The van der Waals surface area contributed by atoms with Gasteiger partial charge < -0.3 is 14.6 Å². The van der Waals surface area contributed by atoms with E-state index >= 15 is 0 Å². The van der Waals surface area contributed by atoms with Gasteiger partial charge in [0.1, 0.15) is 28.9 Å². The van der Waals surface area contributed by atoms with Crippen LogP contribution in [-0.2, 0) is 6.42 Å². The minimum atomic E-state index is -0.417. The summed E-state index contributed by atoms with van der Waals surface area (Å²) < 4.78 is 11.9. The molecule has 0 aliphatic carbocycles. The van der Waals surface area contributed by atoms with Gasteiger partial charge in [0.2, 0.25) is 0 Å². The second kappa shape index (κ2) is 11.2. The monoisotopic (exact) mass is 416 g/mol. The van der Waals surface area contributed by atoms with E-state index in [1.165, 1.54) is 0 Å². The molecule has 4 nitrogen and oxygen atoms in total. The van der Waals surface area contributed by atoms with Crippen LogP contribution in [0.1, 0.15) is 82.8 Å². The van der Waals surface area contributed by atoms with E-state index in [1.54, 1.807) is 7.11 Å². The third kappa shape index (κ3) is 5.47. The highest BCUT2D eigenvalue weighted by molar-refractivity contribution is 6.05. The SMILES string of the molecule is C=C(C)C1Oc2c(C)c(OC)c(CCC(C)C)c(O)c2C(=O)C1CC=C(C)C.CC. The average molecular weight is 417 g/mol. The minimum absolute atomic E-state index is 0.00506. The summed E-state index contributed by atoms with van der Waals surface area (Å²) in [6.07, 6.45) is 3.73. The number of hydrogen-bond acceptors (Lipinski definition) is 4. The maximum absolute atomic E-state index is 13.5. The van der Waals surface area contributed by atoms with Crippen LogP contribution in [0.4, 0.5) is 0 Å². The second-order valence-corrected chi connectivity index (χ2v) is 8.49. The van der Waals surface area contributed by atoms with Crippen molar-refractivity contribution in [1.29, 1.82) is 0 Å². The van der Waals surface area contributed by atoms with E-state index in [2.05, 4.69) is 20.4 Å². The third-order valence-electron chi connectivity index (χ3n) is 5.34. The lowest BCUT2D eigenvalue weighted by molar-refractivity contribution is 0.0725. The molecule has 1 aliphatic heterocycles. The molecular weight excluding hydrogens is 376 g/mol. The number of rotatable bonds is 7. The van der Waals surface area contributed by atoms with Gasteiger partial charge in [-0.15, -0.1) is 0 Å². The highest BCUT2D eigenvalue weighted by Crippen LogP contribution is 2.48. The number of fused-ring (bicyclic) bond motifs is 1. The van der Waals surface area contributed by atoms with Crippen molar-refractivity contribution in [2.75, 3.05) is 7.11 Å². The molecule has 4 heteroatoms. The molecule has 0 saturated carbocycles. The van der Waals surface area contributed by atoms with E-state index in [0.29, 0.717) is 41.4 Å². The van der Waals surface area contributed by atoms with Crippen LogP contribution >= 0.6 is 0 Å². The van der Waals surface area contributed by atoms with Gasteiger partial charge in [-0.2, -0.15) is 0 Å². The highest BCUT2D eigenvalue weighted by Gasteiger charge is 2.41. The van der Waals surface area contributed by atoms with Crippen LogP contribution in [0.25, 0.3) is 0 Å². The topological polar surface area (TPSA) is 55.8 Å². The van der Waals surface area contributed by atoms with Crippen LogP contribution in [-0.4, -0.2) is 24.1 Å². The molecule has 0 fully saturated rings. The summed E-state index contributed by atoms with van der Waals surface area (Å²) in [5.41, 5.74) is 3.69. The summed E-state index contributed by atoms with van der Waals surface area (Å²) in [5.74, 6) is 1.04. The maximum Gasteiger partial charge on any atom is 0.177 e. The van der Waals surface area contributed by atoms with E-state index < -0.39 is 12.0 Å². The van der Waals surface area contributed by atoms with Crippen molar-refractivity contribution in [3.8, 4) is 17.2 Å². The molecule has 2 unspecified atom stereocenters. The Bertz CT molecular complexity index is 798. The number of Topliss-reactive ketones (excluding diaryl/α,β-unsaturated/α-hetero) is 1. The van der Waals surface area contributed by atoms with Crippen molar-refractivity contribution in [2.45, 2.75) is 80.8 Å². The highest BCUT2D eigenvalue weighted by atomic mass is 16.5. The van der Waals surface area contributed by atoms with Gasteiger partial charge in [0.15, 0.2) is 5.78 Å². The quantitative estimate of drug-likeness (QED) is 0.496. The van der Waals surface area contributed by atoms with Crippen molar-refractivity contribution in [3.05, 3.63) is 40.5 Å². The summed E-state index contributed by atoms with van der Waals surface area (Å²) in [7, 11) is 1.59. The smallest absolute Gasteiger partial charge is 0.177 e. The van der Waals surface area contributed by atoms with Gasteiger partial charge in [-0.05, 0) is 58.4 Å². The zero-order valence-corrected chi connectivity index (χ0v) is 20.3. The Balaban J connectivity index is 0.00000218. The largest absolute Gasteiger partial charge is 0.507 e. The van der Waals surface area contributed by atoms with E-state index in [1.807, 2.05) is 47.6 Å². The molecule has 0 bridgehead atoms. The van der Waals surface area contributed by atoms with E-state index in [0.717, 1.165) is 23.1 Å². The summed E-state index contributed by atoms with van der Waals surface area (Å²) >= 11 is 0. The predicted molar refractivity (Wildman–Crippen MR) is 125 cm³/mol. The fraction of sp³-hybridized carbons (Fsp3) is 0.577. The maximum atomic E-state index is 13.5. The molecule has 30 heavy (non-hydrogen) atoms. The number of ketones is 1. The Kier molecular flexibility index (Phi) is 9.67. The normalized spacial score (nSPS) is 17.5. The summed E-state index contributed by atoms with van der Waals surface area (Å²) in [6.45, 7) is 20.1. The number of hydrogen-bond donors (Lipinski definition) is 1. The Labute approximate surface area is 183 Å². The van der Waals surface area contributed by atoms with Crippen LogP contribution in [0.5, 0.6) is 17.2 Å². The number of carbonyl (C=O) groups excluding carboxylic acids is 1. The molecular formula is C26H40O4. The first-order valence-corrected chi connectivity index (χ1v) is 11.0. The van der Waals surface area contributed by atoms with Gasteiger partial charge in [0.05, 0.1) is 13.0 Å². The lowest BCUT2D eigenvalue weighted by Gasteiger charge is -2.35. The average Bonchev–Trinajstić information content (AvgIpc) is 2.69. The number of methoxy groups -OCH3 is 1. The number of ether oxygens (including phenoxy) is 2. The van der Waals surface area contributed by atoms with E-state index in [9.17, 15) is 9.90 Å². The Morgan fingerprint density at radius 3 is 2.33 bits per heavy atom. The molecule has 0 radical (unpaired) electrons. The standard InChI is InChI=1S/C24H34O4.C2H6/c1-13(2)9-11-17-20(25)19-21(26)18(12-10-14(3)4)23(27-8)16(7)24(19)28-22(17)15(5)6;1-2/h9,14,17,22,26H,5,10-12H2,1-4,6-8H3;1-2H3. The van der Waals surface area contributed by atoms with Crippen molar-refractivity contribution in [2.24, 2.45) is 11.8 Å². The number of aromatic hydroxyl groups is 1. The number of benzene rings is 1. The molecule has 0 spiro atoms. The van der Waals surface area contributed by atoms with Crippen LogP contribution in [0.3, 0.4) is 0 Å². The third-order valence-corrected chi connectivity index (χ3v) is 5.34. The summed E-state index contributed by atoms with van der Waals surface area (Å²) in [6, 6.07) is 0.